The minimum Gasteiger partial charge on any atom is -0.490 e. The first-order valence-electron chi connectivity index (χ1n) is 8.39. The number of carboxylic acid groups (broad SMARTS) is 1. The molecular formula is C19H22F2N4O3. The van der Waals surface area contributed by atoms with Crippen LogP contribution in [0.5, 0.6) is 5.75 Å². The second kappa shape index (κ2) is 8.75. The largest absolute Gasteiger partial charge is 0.490 e. The average molecular weight is 392 g/mol. The molecule has 0 aliphatic rings. The number of alkyl halides is 2. The van der Waals surface area contributed by atoms with E-state index < -0.39 is 23.8 Å². The molecule has 7 nitrogen and oxygen atoms in total. The molecule has 0 radical (unpaired) electrons. The Kier molecular flexibility index (Phi) is 6.63. The minimum absolute atomic E-state index is 0.0164. The number of nitrogens with one attached hydrogen (secondary N) is 1. The summed E-state index contributed by atoms with van der Waals surface area (Å²) in [6.45, 7) is 7.39. The van der Waals surface area contributed by atoms with E-state index in [1.165, 1.54) is 30.5 Å². The Balaban J connectivity index is 2.28. The minimum atomic E-state index is -2.86. The first kappa shape index (κ1) is 21.2. The van der Waals surface area contributed by atoms with Crippen molar-refractivity contribution in [1.29, 1.82) is 0 Å². The molecular weight excluding hydrogens is 370 g/mol. The topological polar surface area (TPSA) is 110 Å². The molecule has 1 amide bonds. The molecule has 0 aromatic carbocycles. The van der Waals surface area contributed by atoms with Crippen LogP contribution in [0.25, 0.3) is 11.3 Å². The van der Waals surface area contributed by atoms with Gasteiger partial charge in [0, 0.05) is 11.8 Å². The molecule has 9 heteroatoms. The molecule has 4 N–H and O–H groups in total. The van der Waals surface area contributed by atoms with Crippen LogP contribution in [0.3, 0.4) is 0 Å². The Morgan fingerprint density at radius 3 is 2.75 bits per heavy atom. The molecule has 2 aromatic rings. The van der Waals surface area contributed by atoms with Gasteiger partial charge in [-0.1, -0.05) is 5.57 Å². The Hall–Kier alpha value is -3.07. The van der Waals surface area contributed by atoms with Gasteiger partial charge in [-0.25, -0.2) is 23.5 Å². The average Bonchev–Trinajstić information content (AvgIpc) is 2.58. The van der Waals surface area contributed by atoms with Gasteiger partial charge < -0.3 is 15.6 Å². The third-order valence-electron chi connectivity index (χ3n) is 3.65. The van der Waals surface area contributed by atoms with Gasteiger partial charge >= 0.3 is 6.09 Å². The summed E-state index contributed by atoms with van der Waals surface area (Å²) in [5, 5.41) is 10.9. The first-order chi connectivity index (χ1) is 13.1. The number of hydrogen-bond acceptors (Lipinski definition) is 5. The van der Waals surface area contributed by atoms with E-state index in [9.17, 15) is 13.6 Å². The third-order valence-corrected chi connectivity index (χ3v) is 3.65. The predicted molar refractivity (Wildman–Crippen MR) is 102 cm³/mol. The summed E-state index contributed by atoms with van der Waals surface area (Å²) < 4.78 is 32.5. The van der Waals surface area contributed by atoms with Gasteiger partial charge in [-0.15, -0.1) is 6.58 Å². The highest BCUT2D eigenvalue weighted by Gasteiger charge is 2.23. The lowest BCUT2D eigenvalue weighted by Crippen LogP contribution is -2.42. The van der Waals surface area contributed by atoms with Crippen molar-refractivity contribution in [3.05, 3.63) is 48.3 Å². The first-order valence-corrected chi connectivity index (χ1v) is 8.39. The Labute approximate surface area is 161 Å². The predicted octanol–water partition coefficient (Wildman–Crippen LogP) is 4.23. The second-order valence-corrected chi connectivity index (χ2v) is 6.82. The lowest BCUT2D eigenvalue weighted by molar-refractivity contribution is 0.136. The Bertz CT molecular complexity index is 872. The van der Waals surface area contributed by atoms with Crippen molar-refractivity contribution in [2.45, 2.75) is 32.2 Å². The molecule has 0 spiro atoms. The lowest BCUT2D eigenvalue weighted by Gasteiger charge is -2.25. The number of nitrogens with zero attached hydrogens (tertiary/aromatic N) is 2. The van der Waals surface area contributed by atoms with E-state index in [0.717, 1.165) is 5.57 Å². The van der Waals surface area contributed by atoms with Crippen molar-refractivity contribution in [2.24, 2.45) is 5.73 Å². The summed E-state index contributed by atoms with van der Waals surface area (Å²) in [5.41, 5.74) is 6.36. The van der Waals surface area contributed by atoms with Gasteiger partial charge in [0.15, 0.2) is 0 Å². The zero-order chi connectivity index (χ0) is 20.9. The van der Waals surface area contributed by atoms with Crippen molar-refractivity contribution < 1.29 is 23.4 Å². The number of halogens is 2. The van der Waals surface area contributed by atoms with Crippen LogP contribution >= 0.6 is 0 Å². The van der Waals surface area contributed by atoms with E-state index in [-0.39, 0.29) is 23.9 Å². The molecule has 0 bridgehead atoms. The number of hydrogen-bond donors (Lipinski definition) is 3. The molecule has 1 atom stereocenters. The highest BCUT2D eigenvalue weighted by molar-refractivity contribution is 5.82. The number of carbonyl (C=O) groups is 1. The fraction of sp³-hybridized carbons (Fsp3) is 0.316. The molecule has 28 heavy (non-hydrogen) atoms. The van der Waals surface area contributed by atoms with Crippen LogP contribution < -0.4 is 15.8 Å². The maximum absolute atomic E-state index is 13.5. The van der Waals surface area contributed by atoms with E-state index in [0.29, 0.717) is 12.0 Å². The Morgan fingerprint density at radius 2 is 2.14 bits per heavy atom. The van der Waals surface area contributed by atoms with Gasteiger partial charge in [0.1, 0.15) is 23.9 Å². The van der Waals surface area contributed by atoms with Crippen molar-refractivity contribution in [2.75, 3.05) is 11.9 Å². The van der Waals surface area contributed by atoms with Crippen LogP contribution in [-0.4, -0.2) is 33.3 Å². The SMILES string of the molecule is C=C(C)CC(C)(N)COc1ccc(-c2ccnc(NC(=O)O)c2)nc1C(F)F. The van der Waals surface area contributed by atoms with Crippen LogP contribution in [-0.2, 0) is 0 Å². The van der Waals surface area contributed by atoms with Crippen molar-refractivity contribution in [1.82, 2.24) is 9.97 Å². The zero-order valence-corrected chi connectivity index (χ0v) is 15.6. The number of aromatic nitrogens is 2. The number of anilines is 1. The summed E-state index contributed by atoms with van der Waals surface area (Å²) in [5.74, 6) is -0.000465. The highest BCUT2D eigenvalue weighted by Crippen LogP contribution is 2.31. The van der Waals surface area contributed by atoms with Gasteiger partial charge in [-0.2, -0.15) is 0 Å². The number of pyridine rings is 2. The van der Waals surface area contributed by atoms with Crippen LogP contribution in [0.1, 0.15) is 32.4 Å². The molecule has 2 rings (SSSR count). The highest BCUT2D eigenvalue weighted by atomic mass is 19.3. The molecule has 1 unspecified atom stereocenters. The van der Waals surface area contributed by atoms with E-state index in [1.54, 1.807) is 6.92 Å². The number of ether oxygens (including phenoxy) is 1. The summed E-state index contributed by atoms with van der Waals surface area (Å²) in [4.78, 5) is 18.6. The van der Waals surface area contributed by atoms with E-state index in [1.807, 2.05) is 6.92 Å². The van der Waals surface area contributed by atoms with Gasteiger partial charge in [0.25, 0.3) is 6.43 Å². The summed E-state index contributed by atoms with van der Waals surface area (Å²) >= 11 is 0. The quantitative estimate of drug-likeness (QED) is 0.580. The van der Waals surface area contributed by atoms with Crippen molar-refractivity contribution >= 4 is 11.9 Å². The summed E-state index contributed by atoms with van der Waals surface area (Å²) in [6, 6.07) is 5.84. The summed E-state index contributed by atoms with van der Waals surface area (Å²) in [6.07, 6.45) is -2.31. The van der Waals surface area contributed by atoms with Gasteiger partial charge in [-0.3, -0.25) is 5.32 Å². The van der Waals surface area contributed by atoms with Gasteiger partial charge in [0.05, 0.1) is 11.2 Å². The smallest absolute Gasteiger partial charge is 0.410 e. The van der Waals surface area contributed by atoms with Crippen LogP contribution in [0.15, 0.2) is 42.6 Å². The monoisotopic (exact) mass is 392 g/mol. The Morgan fingerprint density at radius 1 is 1.43 bits per heavy atom. The summed E-state index contributed by atoms with van der Waals surface area (Å²) in [7, 11) is 0. The zero-order valence-electron chi connectivity index (χ0n) is 15.6. The fourth-order valence-corrected chi connectivity index (χ4v) is 2.65. The standard InChI is InChI=1S/C19H22F2N4O3/c1-11(2)9-19(3,22)10-28-14-5-4-13(24-16(14)17(20)21)12-6-7-23-15(8-12)25-18(26)27/h4-8,17H,1,9-10,22H2,2-3H3,(H,23,25)(H,26,27). The van der Waals surface area contributed by atoms with Crippen molar-refractivity contribution in [3.8, 4) is 17.0 Å². The lowest BCUT2D eigenvalue weighted by atomic mass is 9.96. The molecule has 0 saturated carbocycles. The molecule has 0 fully saturated rings. The van der Waals surface area contributed by atoms with E-state index in [2.05, 4.69) is 21.9 Å². The molecule has 0 aliphatic heterocycles. The second-order valence-electron chi connectivity index (χ2n) is 6.82. The van der Waals surface area contributed by atoms with Crippen LogP contribution in [0, 0.1) is 0 Å². The van der Waals surface area contributed by atoms with E-state index >= 15 is 0 Å². The third kappa shape index (κ3) is 5.98. The molecule has 150 valence electrons. The van der Waals surface area contributed by atoms with Crippen molar-refractivity contribution in [3.63, 3.8) is 0 Å². The number of nitrogens with two attached hydrogens (primary N) is 1. The molecule has 0 saturated heterocycles. The maximum Gasteiger partial charge on any atom is 0.410 e. The van der Waals surface area contributed by atoms with Gasteiger partial charge in [0.2, 0.25) is 0 Å². The fourth-order valence-electron chi connectivity index (χ4n) is 2.65. The molecule has 0 aliphatic carbocycles. The van der Waals surface area contributed by atoms with Crippen LogP contribution in [0.2, 0.25) is 0 Å². The number of amides is 1. The molecule has 2 aromatic heterocycles. The normalized spacial score (nSPS) is 13.1. The van der Waals surface area contributed by atoms with Gasteiger partial charge in [-0.05, 0) is 44.5 Å². The number of rotatable bonds is 8. The van der Waals surface area contributed by atoms with E-state index in [4.69, 9.17) is 15.6 Å². The maximum atomic E-state index is 13.5. The molecule has 2 heterocycles. The van der Waals surface area contributed by atoms with Crippen LogP contribution in [0.4, 0.5) is 19.4 Å².